The van der Waals surface area contributed by atoms with E-state index in [1.54, 1.807) is 7.11 Å². The molecule has 0 unspecified atom stereocenters. The summed E-state index contributed by atoms with van der Waals surface area (Å²) in [5, 5.41) is 4.20. The molecule has 1 saturated heterocycles. The lowest BCUT2D eigenvalue weighted by atomic mass is 9.97. The second kappa shape index (κ2) is 4.86. The van der Waals surface area contributed by atoms with Crippen molar-refractivity contribution in [3.63, 3.8) is 0 Å². The van der Waals surface area contributed by atoms with Gasteiger partial charge in [-0.3, -0.25) is 0 Å². The van der Waals surface area contributed by atoms with Crippen LogP contribution in [0, 0.1) is 0 Å². The standard InChI is InChI=1S/C12H16ClNO/c1-15-12-9(5-4-6-10(12)13)11-7-2-3-8-14-11/h4-6,11,14H,2-3,7-8H2,1H3/t11-/m0/s1. The fourth-order valence-electron chi connectivity index (χ4n) is 2.13. The van der Waals surface area contributed by atoms with E-state index in [1.807, 2.05) is 12.1 Å². The lowest BCUT2D eigenvalue weighted by molar-refractivity contribution is 0.374. The molecule has 82 valence electrons. The monoisotopic (exact) mass is 225 g/mol. The molecule has 0 saturated carbocycles. The van der Waals surface area contributed by atoms with Gasteiger partial charge in [-0.25, -0.2) is 0 Å². The van der Waals surface area contributed by atoms with Gasteiger partial charge in [0.2, 0.25) is 0 Å². The molecule has 1 aliphatic rings. The van der Waals surface area contributed by atoms with Crippen LogP contribution in [0.3, 0.4) is 0 Å². The first kappa shape index (κ1) is 10.8. The Labute approximate surface area is 95.6 Å². The third-order valence-electron chi connectivity index (χ3n) is 2.89. The summed E-state index contributed by atoms with van der Waals surface area (Å²) in [6.07, 6.45) is 3.70. The zero-order valence-electron chi connectivity index (χ0n) is 8.92. The molecule has 2 rings (SSSR count). The maximum Gasteiger partial charge on any atom is 0.142 e. The molecule has 1 fully saturated rings. The van der Waals surface area contributed by atoms with Crippen LogP contribution in [0.25, 0.3) is 0 Å². The predicted molar refractivity (Wildman–Crippen MR) is 62.6 cm³/mol. The topological polar surface area (TPSA) is 21.3 Å². The molecule has 0 spiro atoms. The summed E-state index contributed by atoms with van der Waals surface area (Å²) in [6, 6.07) is 6.34. The van der Waals surface area contributed by atoms with Crippen molar-refractivity contribution < 1.29 is 4.74 Å². The van der Waals surface area contributed by atoms with E-state index in [4.69, 9.17) is 16.3 Å². The first-order valence-corrected chi connectivity index (χ1v) is 5.76. The highest BCUT2D eigenvalue weighted by Gasteiger charge is 2.19. The number of halogens is 1. The van der Waals surface area contributed by atoms with Crippen LogP contribution in [0.4, 0.5) is 0 Å². The third-order valence-corrected chi connectivity index (χ3v) is 3.18. The fourth-order valence-corrected chi connectivity index (χ4v) is 2.39. The van der Waals surface area contributed by atoms with Crippen molar-refractivity contribution in [1.29, 1.82) is 0 Å². The Hall–Kier alpha value is -0.730. The molecular formula is C12H16ClNO. The Balaban J connectivity index is 2.29. The van der Waals surface area contributed by atoms with Gasteiger partial charge in [-0.15, -0.1) is 0 Å². The molecule has 15 heavy (non-hydrogen) atoms. The summed E-state index contributed by atoms with van der Waals surface area (Å²) in [6.45, 7) is 1.08. The van der Waals surface area contributed by atoms with E-state index in [0.717, 1.165) is 18.7 Å². The molecule has 1 heterocycles. The first-order chi connectivity index (χ1) is 7.33. The van der Waals surface area contributed by atoms with Crippen LogP contribution in [0.15, 0.2) is 18.2 Å². The van der Waals surface area contributed by atoms with Crippen molar-refractivity contribution in [2.45, 2.75) is 25.3 Å². The zero-order valence-corrected chi connectivity index (χ0v) is 9.68. The Bertz CT molecular complexity index is 334. The van der Waals surface area contributed by atoms with Crippen LogP contribution in [0.5, 0.6) is 5.75 Å². The van der Waals surface area contributed by atoms with Crippen molar-refractivity contribution in [1.82, 2.24) is 5.32 Å². The summed E-state index contributed by atoms with van der Waals surface area (Å²) in [5.74, 6) is 0.818. The molecule has 1 aromatic carbocycles. The Morgan fingerprint density at radius 1 is 1.40 bits per heavy atom. The molecule has 0 radical (unpaired) electrons. The maximum atomic E-state index is 6.10. The number of rotatable bonds is 2. The van der Waals surface area contributed by atoms with Gasteiger partial charge in [0.25, 0.3) is 0 Å². The van der Waals surface area contributed by atoms with Gasteiger partial charge in [0.1, 0.15) is 5.75 Å². The van der Waals surface area contributed by atoms with Crippen LogP contribution >= 0.6 is 11.6 Å². The highest BCUT2D eigenvalue weighted by atomic mass is 35.5. The van der Waals surface area contributed by atoms with E-state index in [1.165, 1.54) is 18.4 Å². The number of hydrogen-bond donors (Lipinski definition) is 1. The Kier molecular flexibility index (Phi) is 3.49. The highest BCUT2D eigenvalue weighted by Crippen LogP contribution is 2.35. The Morgan fingerprint density at radius 3 is 2.93 bits per heavy atom. The molecule has 2 nitrogen and oxygen atoms in total. The number of piperidine rings is 1. The molecule has 1 N–H and O–H groups in total. The van der Waals surface area contributed by atoms with E-state index >= 15 is 0 Å². The van der Waals surface area contributed by atoms with Crippen LogP contribution in [-0.2, 0) is 0 Å². The van der Waals surface area contributed by atoms with Gasteiger partial charge in [-0.05, 0) is 25.5 Å². The minimum Gasteiger partial charge on any atom is -0.495 e. The van der Waals surface area contributed by atoms with E-state index < -0.39 is 0 Å². The summed E-state index contributed by atoms with van der Waals surface area (Å²) >= 11 is 6.10. The highest BCUT2D eigenvalue weighted by molar-refractivity contribution is 6.32. The molecule has 0 aromatic heterocycles. The predicted octanol–water partition coefficient (Wildman–Crippen LogP) is 3.16. The number of benzene rings is 1. The van der Waals surface area contributed by atoms with E-state index in [2.05, 4.69) is 11.4 Å². The van der Waals surface area contributed by atoms with Gasteiger partial charge in [-0.2, -0.15) is 0 Å². The second-order valence-electron chi connectivity index (χ2n) is 3.86. The lowest BCUT2D eigenvalue weighted by Crippen LogP contribution is -2.27. The lowest BCUT2D eigenvalue weighted by Gasteiger charge is -2.25. The first-order valence-electron chi connectivity index (χ1n) is 5.38. The van der Waals surface area contributed by atoms with Crippen LogP contribution < -0.4 is 10.1 Å². The van der Waals surface area contributed by atoms with Crippen LogP contribution in [0.1, 0.15) is 30.9 Å². The SMILES string of the molecule is COc1c(Cl)cccc1[C@@H]1CCCCN1. The average Bonchev–Trinajstić information content (AvgIpc) is 2.30. The van der Waals surface area contributed by atoms with Crippen molar-refractivity contribution in [3.05, 3.63) is 28.8 Å². The van der Waals surface area contributed by atoms with Gasteiger partial charge < -0.3 is 10.1 Å². The Morgan fingerprint density at radius 2 is 2.27 bits per heavy atom. The van der Waals surface area contributed by atoms with E-state index in [0.29, 0.717) is 11.1 Å². The number of nitrogens with one attached hydrogen (secondary N) is 1. The number of methoxy groups -OCH3 is 1. The minimum atomic E-state index is 0.396. The molecule has 3 heteroatoms. The molecule has 1 aliphatic heterocycles. The second-order valence-corrected chi connectivity index (χ2v) is 4.27. The summed E-state index contributed by atoms with van der Waals surface area (Å²) < 4.78 is 5.36. The quantitative estimate of drug-likeness (QED) is 0.835. The van der Waals surface area contributed by atoms with Gasteiger partial charge >= 0.3 is 0 Å². The van der Waals surface area contributed by atoms with Crippen LogP contribution in [-0.4, -0.2) is 13.7 Å². The fraction of sp³-hybridized carbons (Fsp3) is 0.500. The normalized spacial score (nSPS) is 21.3. The smallest absolute Gasteiger partial charge is 0.142 e. The zero-order chi connectivity index (χ0) is 10.7. The summed E-state index contributed by atoms with van der Waals surface area (Å²) in [4.78, 5) is 0. The van der Waals surface area contributed by atoms with Crippen LogP contribution in [0.2, 0.25) is 5.02 Å². The molecular weight excluding hydrogens is 210 g/mol. The molecule has 0 aliphatic carbocycles. The maximum absolute atomic E-state index is 6.10. The van der Waals surface area contributed by atoms with Gasteiger partial charge in [0.15, 0.2) is 0 Å². The molecule has 1 aromatic rings. The minimum absolute atomic E-state index is 0.396. The summed E-state index contributed by atoms with van der Waals surface area (Å²) in [5.41, 5.74) is 1.18. The van der Waals surface area contributed by atoms with Gasteiger partial charge in [0, 0.05) is 11.6 Å². The number of ether oxygens (including phenoxy) is 1. The number of para-hydroxylation sites is 1. The van der Waals surface area contributed by atoms with Crippen molar-refractivity contribution in [2.75, 3.05) is 13.7 Å². The molecule has 1 atom stereocenters. The average molecular weight is 226 g/mol. The van der Waals surface area contributed by atoms with E-state index in [-0.39, 0.29) is 0 Å². The largest absolute Gasteiger partial charge is 0.495 e. The van der Waals surface area contributed by atoms with Crippen molar-refractivity contribution >= 4 is 11.6 Å². The van der Waals surface area contributed by atoms with Crippen molar-refractivity contribution in [2.24, 2.45) is 0 Å². The molecule has 0 amide bonds. The number of hydrogen-bond acceptors (Lipinski definition) is 2. The summed E-state index contributed by atoms with van der Waals surface area (Å²) in [7, 11) is 1.67. The van der Waals surface area contributed by atoms with Gasteiger partial charge in [0.05, 0.1) is 12.1 Å². The van der Waals surface area contributed by atoms with E-state index in [9.17, 15) is 0 Å². The van der Waals surface area contributed by atoms with Gasteiger partial charge in [-0.1, -0.05) is 30.2 Å². The van der Waals surface area contributed by atoms with Crippen molar-refractivity contribution in [3.8, 4) is 5.75 Å². The third kappa shape index (κ3) is 2.27. The molecule has 0 bridgehead atoms.